The van der Waals surface area contributed by atoms with Gasteiger partial charge in [-0.15, -0.1) is 0 Å². The van der Waals surface area contributed by atoms with E-state index in [1.54, 1.807) is 32.6 Å². The van der Waals surface area contributed by atoms with Crippen molar-refractivity contribution in [2.24, 2.45) is 5.92 Å². The standard InChI is InChI=1S/C21H33N3O6S/c1-15(2)23(20(25)30-21(4,5)6)14-17-8-7-11-22(13-17)31(28,29)19-12-18(24(26)27)10-9-16(19)3/h9-10,12,15,17H,7-8,11,13-14H2,1-6H3. The molecule has 0 N–H and O–H groups in total. The fraction of sp³-hybridized carbons (Fsp3) is 0.667. The van der Waals surface area contributed by atoms with E-state index in [9.17, 15) is 23.3 Å². The van der Waals surface area contributed by atoms with Gasteiger partial charge in [-0.05, 0) is 65.9 Å². The lowest BCUT2D eigenvalue weighted by Crippen LogP contribution is -2.48. The van der Waals surface area contributed by atoms with Crippen molar-refractivity contribution in [2.45, 2.75) is 70.9 Å². The Kier molecular flexibility index (Phi) is 7.70. The second kappa shape index (κ2) is 9.52. The Morgan fingerprint density at radius 3 is 2.55 bits per heavy atom. The van der Waals surface area contributed by atoms with E-state index >= 15 is 0 Å². The van der Waals surface area contributed by atoms with Gasteiger partial charge >= 0.3 is 6.09 Å². The number of hydrogen-bond acceptors (Lipinski definition) is 6. The van der Waals surface area contributed by atoms with Crippen molar-refractivity contribution >= 4 is 21.8 Å². The third kappa shape index (κ3) is 6.39. The largest absolute Gasteiger partial charge is 0.444 e. The SMILES string of the molecule is Cc1ccc([N+](=O)[O-])cc1S(=O)(=O)N1CCCC(CN(C(=O)OC(C)(C)C)C(C)C)C1. The number of nitrogens with zero attached hydrogens (tertiary/aromatic N) is 3. The maximum atomic E-state index is 13.3. The minimum absolute atomic E-state index is 0.0461. The lowest BCUT2D eigenvalue weighted by atomic mass is 9.98. The van der Waals surface area contributed by atoms with E-state index in [1.807, 2.05) is 13.8 Å². The summed E-state index contributed by atoms with van der Waals surface area (Å²) in [6.07, 6.45) is 1.02. The van der Waals surface area contributed by atoms with Crippen molar-refractivity contribution in [2.75, 3.05) is 19.6 Å². The van der Waals surface area contributed by atoms with Gasteiger partial charge in [0.15, 0.2) is 0 Å². The molecule has 0 spiro atoms. The average molecular weight is 456 g/mol. The first-order valence-electron chi connectivity index (χ1n) is 10.5. The molecule has 0 bridgehead atoms. The second-order valence-electron chi connectivity index (χ2n) is 9.30. The van der Waals surface area contributed by atoms with E-state index in [1.165, 1.54) is 16.4 Å². The Hall–Kier alpha value is -2.20. The summed E-state index contributed by atoms with van der Waals surface area (Å²) in [4.78, 5) is 24.7. The Bertz CT molecular complexity index is 924. The van der Waals surface area contributed by atoms with Crippen molar-refractivity contribution in [3.05, 3.63) is 33.9 Å². The molecule has 1 saturated heterocycles. The summed E-state index contributed by atoms with van der Waals surface area (Å²) in [5.41, 5.74) is -0.412. The molecule has 1 amide bonds. The molecule has 31 heavy (non-hydrogen) atoms. The number of piperidine rings is 1. The highest BCUT2D eigenvalue weighted by Crippen LogP contribution is 2.29. The van der Waals surface area contributed by atoms with E-state index < -0.39 is 26.6 Å². The van der Waals surface area contributed by atoms with E-state index in [4.69, 9.17) is 4.74 Å². The Morgan fingerprint density at radius 1 is 1.35 bits per heavy atom. The number of nitro groups is 1. The van der Waals surface area contributed by atoms with Gasteiger partial charge in [-0.2, -0.15) is 4.31 Å². The molecule has 1 atom stereocenters. The summed E-state index contributed by atoms with van der Waals surface area (Å²) in [5, 5.41) is 11.1. The number of carbonyl (C=O) groups is 1. The molecule has 174 valence electrons. The van der Waals surface area contributed by atoms with Crippen LogP contribution in [-0.4, -0.2) is 59.9 Å². The molecule has 1 aliphatic rings. The molecule has 0 radical (unpaired) electrons. The topological polar surface area (TPSA) is 110 Å². The van der Waals surface area contributed by atoms with Crippen molar-refractivity contribution in [3.63, 3.8) is 0 Å². The van der Waals surface area contributed by atoms with Crippen LogP contribution in [0.5, 0.6) is 0 Å². The van der Waals surface area contributed by atoms with E-state index in [2.05, 4.69) is 0 Å². The molecule has 1 aromatic carbocycles. The second-order valence-corrected chi connectivity index (χ2v) is 11.2. The van der Waals surface area contributed by atoms with E-state index in [-0.39, 0.29) is 29.1 Å². The average Bonchev–Trinajstić information content (AvgIpc) is 2.64. The highest BCUT2D eigenvalue weighted by atomic mass is 32.2. The maximum absolute atomic E-state index is 13.3. The summed E-state index contributed by atoms with van der Waals surface area (Å²) in [7, 11) is -3.89. The number of sulfonamides is 1. The Balaban J connectivity index is 2.22. The van der Waals surface area contributed by atoms with Gasteiger partial charge in [0.05, 0.1) is 9.82 Å². The number of amides is 1. The third-order valence-electron chi connectivity index (χ3n) is 5.19. The molecule has 1 fully saturated rings. The molecule has 9 nitrogen and oxygen atoms in total. The van der Waals surface area contributed by atoms with Crippen LogP contribution in [0, 0.1) is 23.0 Å². The molecule has 2 rings (SSSR count). The zero-order valence-corrected chi connectivity index (χ0v) is 19.9. The van der Waals surface area contributed by atoms with Crippen molar-refractivity contribution in [3.8, 4) is 0 Å². The first-order chi connectivity index (χ1) is 14.2. The van der Waals surface area contributed by atoms with Gasteiger partial charge in [0.2, 0.25) is 10.0 Å². The fourth-order valence-electron chi connectivity index (χ4n) is 3.61. The summed E-state index contributed by atoms with van der Waals surface area (Å²) >= 11 is 0. The third-order valence-corrected chi connectivity index (χ3v) is 7.20. The number of ether oxygens (including phenoxy) is 1. The van der Waals surface area contributed by atoms with Crippen molar-refractivity contribution in [1.82, 2.24) is 9.21 Å². The normalized spacial score (nSPS) is 18.1. The van der Waals surface area contributed by atoms with Crippen LogP contribution in [0.15, 0.2) is 23.1 Å². The number of aryl methyl sites for hydroxylation is 1. The molecular formula is C21H33N3O6S. The Morgan fingerprint density at radius 2 is 2.00 bits per heavy atom. The number of benzene rings is 1. The summed E-state index contributed by atoms with van der Waals surface area (Å²) in [6.45, 7) is 11.8. The number of hydrogen-bond donors (Lipinski definition) is 0. The molecule has 1 heterocycles. The molecule has 0 aromatic heterocycles. The number of rotatable bonds is 6. The minimum Gasteiger partial charge on any atom is -0.444 e. The molecule has 1 aromatic rings. The summed E-state index contributed by atoms with van der Waals surface area (Å²) < 4.78 is 33.4. The Labute approximate surface area is 184 Å². The van der Waals surface area contributed by atoms with Gasteiger partial charge in [0.1, 0.15) is 5.60 Å². The molecule has 1 unspecified atom stereocenters. The summed E-state index contributed by atoms with van der Waals surface area (Å²) in [5.74, 6) is -0.0579. The molecule has 10 heteroatoms. The number of non-ortho nitro benzene ring substituents is 1. The quantitative estimate of drug-likeness (QED) is 0.474. The van der Waals surface area contributed by atoms with Gasteiger partial charge in [0, 0.05) is 37.8 Å². The van der Waals surface area contributed by atoms with Crippen LogP contribution in [0.4, 0.5) is 10.5 Å². The predicted octanol–water partition coefficient (Wildman–Crippen LogP) is 3.95. The number of carbonyl (C=O) groups excluding carboxylic acids is 1. The molecule has 1 aliphatic heterocycles. The first-order valence-corrected chi connectivity index (χ1v) is 11.9. The van der Waals surface area contributed by atoms with Crippen molar-refractivity contribution < 1.29 is 22.9 Å². The van der Waals surface area contributed by atoms with Crippen molar-refractivity contribution in [1.29, 1.82) is 0 Å². The zero-order chi connectivity index (χ0) is 23.6. The number of nitro benzene ring substituents is 1. The highest BCUT2D eigenvalue weighted by molar-refractivity contribution is 7.89. The summed E-state index contributed by atoms with van der Waals surface area (Å²) in [6, 6.07) is 3.78. The lowest BCUT2D eigenvalue weighted by molar-refractivity contribution is -0.385. The van der Waals surface area contributed by atoms with Crippen LogP contribution in [-0.2, 0) is 14.8 Å². The van der Waals surface area contributed by atoms with Gasteiger partial charge < -0.3 is 9.64 Å². The smallest absolute Gasteiger partial charge is 0.410 e. The highest BCUT2D eigenvalue weighted by Gasteiger charge is 2.34. The van der Waals surface area contributed by atoms with Crippen LogP contribution in [0.2, 0.25) is 0 Å². The molecule has 0 aliphatic carbocycles. The van der Waals surface area contributed by atoms with Crippen LogP contribution in [0.3, 0.4) is 0 Å². The van der Waals surface area contributed by atoms with Gasteiger partial charge in [0.25, 0.3) is 5.69 Å². The van der Waals surface area contributed by atoms with Gasteiger partial charge in [-0.1, -0.05) is 6.07 Å². The lowest BCUT2D eigenvalue weighted by Gasteiger charge is -2.37. The van der Waals surface area contributed by atoms with E-state index in [0.717, 1.165) is 12.5 Å². The molecule has 0 saturated carbocycles. The van der Waals surface area contributed by atoms with Crippen LogP contribution in [0.1, 0.15) is 53.0 Å². The molecular weight excluding hydrogens is 422 g/mol. The first kappa shape index (κ1) is 25.1. The van der Waals surface area contributed by atoms with Crippen LogP contribution in [0.25, 0.3) is 0 Å². The van der Waals surface area contributed by atoms with Crippen LogP contribution < -0.4 is 0 Å². The van der Waals surface area contributed by atoms with Gasteiger partial charge in [-0.25, -0.2) is 13.2 Å². The monoisotopic (exact) mass is 455 g/mol. The minimum atomic E-state index is -3.89. The predicted molar refractivity (Wildman–Crippen MR) is 117 cm³/mol. The van der Waals surface area contributed by atoms with Crippen LogP contribution >= 0.6 is 0 Å². The zero-order valence-electron chi connectivity index (χ0n) is 19.1. The van der Waals surface area contributed by atoms with Gasteiger partial charge in [-0.3, -0.25) is 10.1 Å². The fourth-order valence-corrected chi connectivity index (χ4v) is 5.41. The van der Waals surface area contributed by atoms with E-state index in [0.29, 0.717) is 25.1 Å². The maximum Gasteiger partial charge on any atom is 0.410 e.